The first-order chi connectivity index (χ1) is 9.03. The fraction of sp³-hybridized carbons (Fsp3) is 0.400. The van der Waals surface area contributed by atoms with Gasteiger partial charge in [0, 0.05) is 31.7 Å². The van der Waals surface area contributed by atoms with Crippen molar-refractivity contribution in [3.05, 3.63) is 42.7 Å². The third-order valence-electron chi connectivity index (χ3n) is 3.21. The van der Waals surface area contributed by atoms with Crippen LogP contribution >= 0.6 is 0 Å². The van der Waals surface area contributed by atoms with Gasteiger partial charge in [-0.1, -0.05) is 32.0 Å². The van der Waals surface area contributed by atoms with Crippen LogP contribution in [0, 0.1) is 5.41 Å². The van der Waals surface area contributed by atoms with Gasteiger partial charge in [-0.25, -0.2) is 4.98 Å². The monoisotopic (exact) mass is 258 g/mol. The molecule has 4 heteroatoms. The Morgan fingerprint density at radius 3 is 2.58 bits per heavy atom. The fourth-order valence-corrected chi connectivity index (χ4v) is 2.15. The van der Waals surface area contributed by atoms with Crippen LogP contribution in [0.25, 0.3) is 5.69 Å². The van der Waals surface area contributed by atoms with Crippen LogP contribution in [-0.4, -0.2) is 29.7 Å². The van der Waals surface area contributed by atoms with Crippen LogP contribution in [-0.2, 0) is 0 Å². The Balaban J connectivity index is 2.25. The zero-order chi connectivity index (χ0) is 13.9. The summed E-state index contributed by atoms with van der Waals surface area (Å²) in [6.07, 6.45) is 3.81. The van der Waals surface area contributed by atoms with Crippen LogP contribution in [0.2, 0.25) is 0 Å². The highest BCUT2D eigenvalue weighted by Gasteiger charge is 2.20. The van der Waals surface area contributed by atoms with Crippen molar-refractivity contribution in [3.8, 4) is 5.69 Å². The molecule has 19 heavy (non-hydrogen) atoms. The molecule has 0 aliphatic rings. The summed E-state index contributed by atoms with van der Waals surface area (Å²) in [5.74, 6) is 0.938. The maximum absolute atomic E-state index is 5.80. The van der Waals surface area contributed by atoms with Gasteiger partial charge in [0.15, 0.2) is 0 Å². The predicted octanol–water partition coefficient (Wildman–Crippen LogP) is 2.29. The molecule has 0 unspecified atom stereocenters. The minimum atomic E-state index is 0.0716. The van der Waals surface area contributed by atoms with Crippen LogP contribution in [0.1, 0.15) is 13.8 Å². The Morgan fingerprint density at radius 2 is 1.95 bits per heavy atom. The van der Waals surface area contributed by atoms with E-state index in [0.29, 0.717) is 6.54 Å². The second-order valence-electron chi connectivity index (χ2n) is 5.66. The number of nitrogens with zero attached hydrogens (tertiary/aromatic N) is 3. The van der Waals surface area contributed by atoms with Gasteiger partial charge in [-0.2, -0.15) is 0 Å². The maximum atomic E-state index is 5.80. The Labute approximate surface area is 114 Å². The molecular formula is C15H22N4. The molecule has 0 aliphatic carbocycles. The molecule has 4 nitrogen and oxygen atoms in total. The summed E-state index contributed by atoms with van der Waals surface area (Å²) >= 11 is 0. The molecule has 2 aromatic rings. The maximum Gasteiger partial charge on any atom is 0.209 e. The molecule has 0 saturated carbocycles. The second kappa shape index (κ2) is 5.45. The summed E-state index contributed by atoms with van der Waals surface area (Å²) in [5.41, 5.74) is 6.99. The molecular weight excluding hydrogens is 236 g/mol. The van der Waals surface area contributed by atoms with E-state index in [-0.39, 0.29) is 5.41 Å². The topological polar surface area (TPSA) is 47.1 Å². The lowest BCUT2D eigenvalue weighted by Crippen LogP contribution is -2.37. The summed E-state index contributed by atoms with van der Waals surface area (Å²) in [6.45, 7) is 5.86. The highest BCUT2D eigenvalue weighted by atomic mass is 15.3. The Morgan fingerprint density at radius 1 is 1.26 bits per heavy atom. The SMILES string of the molecule is CN(CC(C)(C)CN)c1nccn1-c1ccccc1. The third-order valence-corrected chi connectivity index (χ3v) is 3.21. The summed E-state index contributed by atoms with van der Waals surface area (Å²) in [4.78, 5) is 6.61. The molecule has 2 rings (SSSR count). The average Bonchev–Trinajstić information content (AvgIpc) is 2.88. The Bertz CT molecular complexity index is 516. The number of benzene rings is 1. The quantitative estimate of drug-likeness (QED) is 0.895. The molecule has 1 aromatic heterocycles. The fourth-order valence-electron chi connectivity index (χ4n) is 2.15. The van der Waals surface area contributed by atoms with Crippen molar-refractivity contribution >= 4 is 5.95 Å². The minimum absolute atomic E-state index is 0.0716. The summed E-state index contributed by atoms with van der Waals surface area (Å²) in [6, 6.07) is 10.2. The van der Waals surface area contributed by atoms with E-state index in [4.69, 9.17) is 5.73 Å². The normalized spacial score (nSPS) is 11.6. The van der Waals surface area contributed by atoms with Gasteiger partial charge in [0.1, 0.15) is 0 Å². The van der Waals surface area contributed by atoms with Crippen molar-refractivity contribution < 1.29 is 0 Å². The number of hydrogen-bond donors (Lipinski definition) is 1. The molecule has 1 heterocycles. The summed E-state index contributed by atoms with van der Waals surface area (Å²) in [5, 5.41) is 0. The predicted molar refractivity (Wildman–Crippen MR) is 79.7 cm³/mol. The van der Waals surface area contributed by atoms with E-state index in [9.17, 15) is 0 Å². The highest BCUT2D eigenvalue weighted by molar-refractivity contribution is 5.43. The molecule has 0 atom stereocenters. The van der Waals surface area contributed by atoms with Crippen LogP contribution in [0.3, 0.4) is 0 Å². The van der Waals surface area contributed by atoms with E-state index in [1.165, 1.54) is 0 Å². The lowest BCUT2D eigenvalue weighted by atomic mass is 9.93. The first-order valence-corrected chi connectivity index (χ1v) is 6.53. The number of para-hydroxylation sites is 1. The van der Waals surface area contributed by atoms with Crippen molar-refractivity contribution in [1.82, 2.24) is 9.55 Å². The number of hydrogen-bond acceptors (Lipinski definition) is 3. The van der Waals surface area contributed by atoms with Gasteiger partial charge in [-0.15, -0.1) is 0 Å². The Hall–Kier alpha value is -1.81. The van der Waals surface area contributed by atoms with Gasteiger partial charge in [-0.05, 0) is 24.1 Å². The van der Waals surface area contributed by atoms with E-state index in [2.05, 4.69) is 47.5 Å². The van der Waals surface area contributed by atoms with E-state index >= 15 is 0 Å². The Kier molecular flexibility index (Phi) is 3.90. The lowest BCUT2D eigenvalue weighted by molar-refractivity contribution is 0.383. The smallest absolute Gasteiger partial charge is 0.209 e. The highest BCUT2D eigenvalue weighted by Crippen LogP contribution is 2.21. The van der Waals surface area contributed by atoms with E-state index in [0.717, 1.165) is 18.2 Å². The van der Waals surface area contributed by atoms with Crippen molar-refractivity contribution in [2.24, 2.45) is 11.1 Å². The van der Waals surface area contributed by atoms with Gasteiger partial charge in [0.2, 0.25) is 5.95 Å². The number of rotatable bonds is 5. The molecule has 0 saturated heterocycles. The molecule has 1 aromatic carbocycles. The van der Waals surface area contributed by atoms with Gasteiger partial charge in [0.25, 0.3) is 0 Å². The lowest BCUT2D eigenvalue weighted by Gasteiger charge is -2.30. The molecule has 2 N–H and O–H groups in total. The summed E-state index contributed by atoms with van der Waals surface area (Å²) < 4.78 is 2.09. The van der Waals surface area contributed by atoms with Crippen LogP contribution in [0.15, 0.2) is 42.7 Å². The van der Waals surface area contributed by atoms with Crippen LogP contribution < -0.4 is 10.6 Å². The van der Waals surface area contributed by atoms with Gasteiger partial charge in [-0.3, -0.25) is 4.57 Å². The molecule has 0 spiro atoms. The van der Waals surface area contributed by atoms with E-state index in [1.807, 2.05) is 30.6 Å². The van der Waals surface area contributed by atoms with Gasteiger partial charge < -0.3 is 10.6 Å². The van der Waals surface area contributed by atoms with Gasteiger partial charge in [0.05, 0.1) is 0 Å². The molecule has 0 fully saturated rings. The molecule has 102 valence electrons. The largest absolute Gasteiger partial charge is 0.344 e. The summed E-state index contributed by atoms with van der Waals surface area (Å²) in [7, 11) is 2.05. The van der Waals surface area contributed by atoms with E-state index < -0.39 is 0 Å². The molecule has 0 aliphatic heterocycles. The number of anilines is 1. The molecule has 0 amide bonds. The van der Waals surface area contributed by atoms with Crippen molar-refractivity contribution in [2.45, 2.75) is 13.8 Å². The molecule has 0 radical (unpaired) electrons. The van der Waals surface area contributed by atoms with Crippen molar-refractivity contribution in [2.75, 3.05) is 25.0 Å². The standard InChI is InChI=1S/C15H22N4/c1-15(2,11-16)12-18(3)14-17-9-10-19(14)13-7-5-4-6-8-13/h4-10H,11-12,16H2,1-3H3. The zero-order valence-corrected chi connectivity index (χ0v) is 11.9. The zero-order valence-electron chi connectivity index (χ0n) is 11.9. The first kappa shape index (κ1) is 13.6. The number of imidazole rings is 1. The average molecular weight is 258 g/mol. The molecule has 0 bridgehead atoms. The third kappa shape index (κ3) is 3.15. The van der Waals surface area contributed by atoms with Crippen LogP contribution in [0.5, 0.6) is 0 Å². The van der Waals surface area contributed by atoms with E-state index in [1.54, 1.807) is 0 Å². The number of nitrogens with two attached hydrogens (primary N) is 1. The van der Waals surface area contributed by atoms with Crippen molar-refractivity contribution in [1.29, 1.82) is 0 Å². The minimum Gasteiger partial charge on any atom is -0.344 e. The van der Waals surface area contributed by atoms with Crippen molar-refractivity contribution in [3.63, 3.8) is 0 Å². The number of aromatic nitrogens is 2. The van der Waals surface area contributed by atoms with Gasteiger partial charge >= 0.3 is 0 Å². The first-order valence-electron chi connectivity index (χ1n) is 6.53. The van der Waals surface area contributed by atoms with Crippen LogP contribution in [0.4, 0.5) is 5.95 Å². The second-order valence-corrected chi connectivity index (χ2v) is 5.66.